The Balaban J connectivity index is 2.14. The van der Waals surface area contributed by atoms with E-state index in [1.165, 1.54) is 12.8 Å². The fourth-order valence-corrected chi connectivity index (χ4v) is 2.97. The molecule has 3 heteroatoms. The number of hydrogen-bond donors (Lipinski definition) is 1. The average Bonchev–Trinajstić information content (AvgIpc) is 2.49. The molecule has 1 saturated carbocycles. The Morgan fingerprint density at radius 2 is 2.00 bits per heavy atom. The van der Waals surface area contributed by atoms with Gasteiger partial charge in [0.05, 0.1) is 6.61 Å². The predicted molar refractivity (Wildman–Crippen MR) is 73.3 cm³/mol. The molecular weight excluding hydrogens is 212 g/mol. The van der Waals surface area contributed by atoms with Crippen molar-refractivity contribution in [1.82, 2.24) is 10.2 Å². The smallest absolute Gasteiger partial charge is 0.0589 e. The van der Waals surface area contributed by atoms with Crippen molar-refractivity contribution in [1.29, 1.82) is 0 Å². The van der Waals surface area contributed by atoms with Crippen LogP contribution in [0.15, 0.2) is 0 Å². The molecular formula is C14H30N2O. The number of likely N-dealkylation sites (N-methyl/N-ethyl adjacent to an activating group) is 1. The molecule has 0 amide bonds. The molecule has 2 atom stereocenters. The Bertz CT molecular complexity index is 218. The lowest BCUT2D eigenvalue weighted by atomic mass is 9.91. The second kappa shape index (κ2) is 6.72. The lowest BCUT2D eigenvalue weighted by Crippen LogP contribution is -2.38. The highest BCUT2D eigenvalue weighted by atomic mass is 16.5. The van der Waals surface area contributed by atoms with Crippen LogP contribution in [0.1, 0.15) is 33.6 Å². The van der Waals surface area contributed by atoms with Crippen LogP contribution in [-0.2, 0) is 4.74 Å². The quantitative estimate of drug-likeness (QED) is 0.739. The number of rotatable bonds is 7. The number of nitrogens with zero attached hydrogens (tertiary/aromatic N) is 1. The highest BCUT2D eigenvalue weighted by Gasteiger charge is 2.35. The summed E-state index contributed by atoms with van der Waals surface area (Å²) in [5, 5.41) is 3.71. The summed E-state index contributed by atoms with van der Waals surface area (Å²) in [7, 11) is 3.91. The average molecular weight is 242 g/mol. The van der Waals surface area contributed by atoms with Gasteiger partial charge in [-0.25, -0.2) is 0 Å². The Hall–Kier alpha value is -0.120. The molecule has 0 spiro atoms. The van der Waals surface area contributed by atoms with Crippen molar-refractivity contribution in [3.05, 3.63) is 0 Å². The molecule has 0 heterocycles. The standard InChI is InChI=1S/C14H30N2O/c1-12-10-14(2,3)11-13(12)15-6-7-16(4)8-9-17-5/h12-13,15H,6-11H2,1-5H3. The summed E-state index contributed by atoms with van der Waals surface area (Å²) >= 11 is 0. The zero-order chi connectivity index (χ0) is 12.9. The minimum absolute atomic E-state index is 0.527. The van der Waals surface area contributed by atoms with E-state index in [4.69, 9.17) is 4.74 Å². The van der Waals surface area contributed by atoms with E-state index in [2.05, 4.69) is 38.0 Å². The minimum Gasteiger partial charge on any atom is -0.383 e. The van der Waals surface area contributed by atoms with E-state index in [0.29, 0.717) is 11.5 Å². The van der Waals surface area contributed by atoms with E-state index < -0.39 is 0 Å². The van der Waals surface area contributed by atoms with Crippen LogP contribution >= 0.6 is 0 Å². The van der Waals surface area contributed by atoms with Gasteiger partial charge in [0.1, 0.15) is 0 Å². The van der Waals surface area contributed by atoms with E-state index in [1.807, 2.05) is 0 Å². The first-order chi connectivity index (χ1) is 7.94. The van der Waals surface area contributed by atoms with Gasteiger partial charge in [-0.15, -0.1) is 0 Å². The van der Waals surface area contributed by atoms with Gasteiger partial charge in [0.25, 0.3) is 0 Å². The van der Waals surface area contributed by atoms with Crippen LogP contribution in [0.4, 0.5) is 0 Å². The minimum atomic E-state index is 0.527. The van der Waals surface area contributed by atoms with Crippen molar-refractivity contribution < 1.29 is 4.74 Å². The summed E-state index contributed by atoms with van der Waals surface area (Å²) in [6.07, 6.45) is 2.67. The van der Waals surface area contributed by atoms with Crippen molar-refractivity contribution in [2.24, 2.45) is 11.3 Å². The molecule has 0 saturated heterocycles. The highest BCUT2D eigenvalue weighted by Crippen LogP contribution is 2.40. The Labute approximate surface area is 107 Å². The van der Waals surface area contributed by atoms with Gasteiger partial charge < -0.3 is 15.0 Å². The molecule has 17 heavy (non-hydrogen) atoms. The van der Waals surface area contributed by atoms with Crippen LogP contribution < -0.4 is 5.32 Å². The molecule has 0 aliphatic heterocycles. The first kappa shape index (κ1) is 14.9. The SMILES string of the molecule is COCCN(C)CCNC1CC(C)(C)CC1C. The van der Waals surface area contributed by atoms with Crippen molar-refractivity contribution >= 4 is 0 Å². The van der Waals surface area contributed by atoms with Gasteiger partial charge in [0.2, 0.25) is 0 Å². The molecule has 1 fully saturated rings. The normalized spacial score (nSPS) is 27.9. The number of hydrogen-bond acceptors (Lipinski definition) is 3. The maximum Gasteiger partial charge on any atom is 0.0589 e. The van der Waals surface area contributed by atoms with Gasteiger partial charge in [-0.05, 0) is 31.2 Å². The van der Waals surface area contributed by atoms with Gasteiger partial charge in [-0.2, -0.15) is 0 Å². The molecule has 1 N–H and O–H groups in total. The van der Waals surface area contributed by atoms with E-state index >= 15 is 0 Å². The number of nitrogens with one attached hydrogen (secondary N) is 1. The summed E-state index contributed by atoms with van der Waals surface area (Å²) in [6, 6.07) is 0.709. The Morgan fingerprint density at radius 3 is 2.53 bits per heavy atom. The molecule has 1 aliphatic carbocycles. The van der Waals surface area contributed by atoms with Crippen molar-refractivity contribution in [3.63, 3.8) is 0 Å². The van der Waals surface area contributed by atoms with Crippen LogP contribution in [0.3, 0.4) is 0 Å². The molecule has 102 valence electrons. The van der Waals surface area contributed by atoms with Gasteiger partial charge in [0.15, 0.2) is 0 Å². The van der Waals surface area contributed by atoms with Crippen molar-refractivity contribution in [2.45, 2.75) is 39.7 Å². The molecule has 0 aromatic carbocycles. The fraction of sp³-hybridized carbons (Fsp3) is 1.00. The highest BCUT2D eigenvalue weighted by molar-refractivity contribution is 4.91. The zero-order valence-corrected chi connectivity index (χ0v) is 12.3. The van der Waals surface area contributed by atoms with E-state index in [-0.39, 0.29) is 0 Å². The van der Waals surface area contributed by atoms with Gasteiger partial charge in [0, 0.05) is 32.8 Å². The van der Waals surface area contributed by atoms with Gasteiger partial charge in [-0.3, -0.25) is 0 Å². The third kappa shape index (κ3) is 5.36. The number of ether oxygens (including phenoxy) is 1. The third-order valence-electron chi connectivity index (χ3n) is 3.91. The summed E-state index contributed by atoms with van der Waals surface area (Å²) in [5.41, 5.74) is 0.527. The molecule has 0 bridgehead atoms. The predicted octanol–water partition coefficient (Wildman–Crippen LogP) is 1.98. The van der Waals surface area contributed by atoms with Crippen LogP contribution in [-0.4, -0.2) is 51.3 Å². The third-order valence-corrected chi connectivity index (χ3v) is 3.91. The van der Waals surface area contributed by atoms with Crippen LogP contribution in [0, 0.1) is 11.3 Å². The summed E-state index contributed by atoms with van der Waals surface area (Å²) < 4.78 is 5.07. The van der Waals surface area contributed by atoms with E-state index in [9.17, 15) is 0 Å². The van der Waals surface area contributed by atoms with Crippen LogP contribution in [0.2, 0.25) is 0 Å². The largest absolute Gasteiger partial charge is 0.383 e. The first-order valence-corrected chi connectivity index (χ1v) is 6.85. The molecule has 2 unspecified atom stereocenters. The zero-order valence-electron chi connectivity index (χ0n) is 12.3. The molecule has 1 rings (SSSR count). The lowest BCUT2D eigenvalue weighted by Gasteiger charge is -2.21. The maximum absolute atomic E-state index is 5.07. The first-order valence-electron chi connectivity index (χ1n) is 6.85. The van der Waals surface area contributed by atoms with Crippen LogP contribution in [0.25, 0.3) is 0 Å². The molecule has 0 aromatic heterocycles. The van der Waals surface area contributed by atoms with Gasteiger partial charge in [-0.1, -0.05) is 20.8 Å². The maximum atomic E-state index is 5.07. The van der Waals surface area contributed by atoms with Crippen molar-refractivity contribution in [2.75, 3.05) is 40.4 Å². The summed E-state index contributed by atoms with van der Waals surface area (Å²) in [6.45, 7) is 11.2. The molecule has 3 nitrogen and oxygen atoms in total. The fourth-order valence-electron chi connectivity index (χ4n) is 2.97. The molecule has 0 radical (unpaired) electrons. The van der Waals surface area contributed by atoms with Crippen molar-refractivity contribution in [3.8, 4) is 0 Å². The van der Waals surface area contributed by atoms with E-state index in [0.717, 1.165) is 32.2 Å². The summed E-state index contributed by atoms with van der Waals surface area (Å²) in [5.74, 6) is 0.814. The lowest BCUT2D eigenvalue weighted by molar-refractivity contribution is 0.160. The van der Waals surface area contributed by atoms with E-state index in [1.54, 1.807) is 7.11 Å². The van der Waals surface area contributed by atoms with Gasteiger partial charge >= 0.3 is 0 Å². The van der Waals surface area contributed by atoms with Crippen LogP contribution in [0.5, 0.6) is 0 Å². The Kier molecular flexibility index (Phi) is 5.90. The Morgan fingerprint density at radius 1 is 1.29 bits per heavy atom. The second-order valence-electron chi connectivity index (χ2n) is 6.41. The topological polar surface area (TPSA) is 24.5 Å². The summed E-state index contributed by atoms with van der Waals surface area (Å²) in [4.78, 5) is 2.32. The molecule has 0 aromatic rings. The number of methoxy groups -OCH3 is 1. The monoisotopic (exact) mass is 242 g/mol. The second-order valence-corrected chi connectivity index (χ2v) is 6.41. The molecule has 1 aliphatic rings.